The van der Waals surface area contributed by atoms with Crippen LogP contribution in [0.1, 0.15) is 36.5 Å². The van der Waals surface area contributed by atoms with E-state index in [0.717, 1.165) is 16.7 Å². The SMILES string of the molecule is Cc1ccc(-c2nnc(NC(=O)C(Cc3ccccc3)NC(=O)Nc3ccc(C(C)C)cc3)s2)cc1. The van der Waals surface area contributed by atoms with Gasteiger partial charge in [-0.25, -0.2) is 4.79 Å². The molecule has 1 unspecified atom stereocenters. The fourth-order valence-corrected chi connectivity index (χ4v) is 4.37. The van der Waals surface area contributed by atoms with Gasteiger partial charge in [-0.2, -0.15) is 0 Å². The highest BCUT2D eigenvalue weighted by Gasteiger charge is 2.23. The van der Waals surface area contributed by atoms with Gasteiger partial charge in [0, 0.05) is 17.7 Å². The van der Waals surface area contributed by atoms with Gasteiger partial charge in [-0.05, 0) is 36.1 Å². The third kappa shape index (κ3) is 6.76. The Morgan fingerprint density at radius 2 is 1.56 bits per heavy atom. The third-order valence-electron chi connectivity index (χ3n) is 5.69. The second kappa shape index (κ2) is 11.6. The van der Waals surface area contributed by atoms with E-state index in [0.29, 0.717) is 28.2 Å². The molecule has 8 heteroatoms. The molecule has 0 radical (unpaired) electrons. The van der Waals surface area contributed by atoms with Gasteiger partial charge >= 0.3 is 6.03 Å². The van der Waals surface area contributed by atoms with Crippen molar-refractivity contribution in [2.75, 3.05) is 10.6 Å². The Morgan fingerprint density at radius 1 is 0.861 bits per heavy atom. The molecule has 0 fully saturated rings. The monoisotopic (exact) mass is 499 g/mol. The molecule has 0 bridgehead atoms. The summed E-state index contributed by atoms with van der Waals surface area (Å²) in [5, 5.41) is 17.9. The highest BCUT2D eigenvalue weighted by Crippen LogP contribution is 2.26. The van der Waals surface area contributed by atoms with Crippen molar-refractivity contribution in [2.45, 2.75) is 39.2 Å². The Labute approximate surface area is 215 Å². The summed E-state index contributed by atoms with van der Waals surface area (Å²) in [5.74, 6) is 0.0365. The van der Waals surface area contributed by atoms with Crippen LogP contribution in [0.2, 0.25) is 0 Å². The highest BCUT2D eigenvalue weighted by molar-refractivity contribution is 7.18. The molecule has 0 spiro atoms. The topological polar surface area (TPSA) is 96.0 Å². The Kier molecular flexibility index (Phi) is 8.07. The number of carbonyl (C=O) groups excluding carboxylic acids is 2. The lowest BCUT2D eigenvalue weighted by Crippen LogP contribution is -2.46. The van der Waals surface area contributed by atoms with E-state index in [2.05, 4.69) is 40.0 Å². The number of benzene rings is 3. The number of nitrogens with one attached hydrogen (secondary N) is 3. The van der Waals surface area contributed by atoms with E-state index in [9.17, 15) is 9.59 Å². The van der Waals surface area contributed by atoms with E-state index >= 15 is 0 Å². The summed E-state index contributed by atoms with van der Waals surface area (Å²) in [4.78, 5) is 26.0. The quantitative estimate of drug-likeness (QED) is 0.277. The van der Waals surface area contributed by atoms with E-state index in [1.54, 1.807) is 0 Å². The van der Waals surface area contributed by atoms with Crippen molar-refractivity contribution < 1.29 is 9.59 Å². The van der Waals surface area contributed by atoms with E-state index < -0.39 is 12.1 Å². The first-order chi connectivity index (χ1) is 17.4. The molecule has 0 saturated carbocycles. The van der Waals surface area contributed by atoms with Crippen LogP contribution in [-0.2, 0) is 11.2 Å². The summed E-state index contributed by atoms with van der Waals surface area (Å²) in [6, 6.07) is 23.9. The zero-order valence-corrected chi connectivity index (χ0v) is 21.3. The lowest BCUT2D eigenvalue weighted by atomic mass is 10.0. The lowest BCUT2D eigenvalue weighted by Gasteiger charge is -2.18. The van der Waals surface area contributed by atoms with Crippen LogP contribution in [0.4, 0.5) is 15.6 Å². The van der Waals surface area contributed by atoms with Gasteiger partial charge in [-0.1, -0.05) is 97.5 Å². The Balaban J connectivity index is 1.45. The van der Waals surface area contributed by atoms with Gasteiger partial charge in [-0.15, -0.1) is 10.2 Å². The van der Waals surface area contributed by atoms with Gasteiger partial charge in [0.25, 0.3) is 0 Å². The Hall–Kier alpha value is -4.04. The Morgan fingerprint density at radius 3 is 2.22 bits per heavy atom. The molecule has 1 atom stereocenters. The lowest BCUT2D eigenvalue weighted by molar-refractivity contribution is -0.117. The van der Waals surface area contributed by atoms with Crippen LogP contribution in [0.3, 0.4) is 0 Å². The van der Waals surface area contributed by atoms with E-state index in [-0.39, 0.29) is 5.91 Å². The number of anilines is 2. The first kappa shape index (κ1) is 25.1. The number of hydrogen-bond acceptors (Lipinski definition) is 5. The average molecular weight is 500 g/mol. The number of aryl methyl sites for hydroxylation is 1. The number of amides is 3. The molecule has 1 heterocycles. The average Bonchev–Trinajstić information content (AvgIpc) is 3.33. The summed E-state index contributed by atoms with van der Waals surface area (Å²) >= 11 is 1.29. The summed E-state index contributed by atoms with van der Waals surface area (Å²) in [6.45, 7) is 6.25. The molecule has 3 N–H and O–H groups in total. The molecule has 36 heavy (non-hydrogen) atoms. The third-order valence-corrected chi connectivity index (χ3v) is 6.58. The molecule has 3 aromatic carbocycles. The van der Waals surface area contributed by atoms with Crippen LogP contribution in [0, 0.1) is 6.92 Å². The van der Waals surface area contributed by atoms with Gasteiger partial charge in [0.05, 0.1) is 0 Å². The van der Waals surface area contributed by atoms with E-state index in [1.165, 1.54) is 16.9 Å². The van der Waals surface area contributed by atoms with Crippen molar-refractivity contribution in [3.63, 3.8) is 0 Å². The summed E-state index contributed by atoms with van der Waals surface area (Å²) in [5.41, 5.74) is 4.85. The van der Waals surface area contributed by atoms with Crippen LogP contribution >= 0.6 is 11.3 Å². The molecule has 0 aliphatic rings. The second-order valence-electron chi connectivity index (χ2n) is 8.89. The van der Waals surface area contributed by atoms with Gasteiger partial charge in [-0.3, -0.25) is 10.1 Å². The van der Waals surface area contributed by atoms with Gasteiger partial charge in [0.1, 0.15) is 11.0 Å². The van der Waals surface area contributed by atoms with Gasteiger partial charge < -0.3 is 10.6 Å². The van der Waals surface area contributed by atoms with Crippen molar-refractivity contribution in [1.29, 1.82) is 0 Å². The maximum absolute atomic E-state index is 13.2. The molecule has 184 valence electrons. The van der Waals surface area contributed by atoms with Crippen molar-refractivity contribution in [3.8, 4) is 10.6 Å². The largest absolute Gasteiger partial charge is 0.326 e. The normalized spacial score (nSPS) is 11.7. The smallest absolute Gasteiger partial charge is 0.319 e. The van der Waals surface area contributed by atoms with Crippen LogP contribution in [0.15, 0.2) is 78.9 Å². The van der Waals surface area contributed by atoms with E-state index in [1.807, 2.05) is 85.8 Å². The number of nitrogens with zero attached hydrogens (tertiary/aromatic N) is 2. The molecule has 3 amide bonds. The predicted octanol–water partition coefficient (Wildman–Crippen LogP) is 6.01. The minimum Gasteiger partial charge on any atom is -0.326 e. The summed E-state index contributed by atoms with van der Waals surface area (Å²) < 4.78 is 0. The standard InChI is InChI=1S/C28H29N5O2S/c1-18(2)21-13-15-23(16-14-21)29-27(35)30-24(17-20-7-5-4-6-8-20)25(34)31-28-33-32-26(36-28)22-11-9-19(3)10-12-22/h4-16,18,24H,17H2,1-3H3,(H2,29,30,35)(H,31,33,34). The van der Waals surface area contributed by atoms with Crippen molar-refractivity contribution in [1.82, 2.24) is 15.5 Å². The van der Waals surface area contributed by atoms with Crippen molar-refractivity contribution in [3.05, 3.63) is 95.6 Å². The zero-order chi connectivity index (χ0) is 25.5. The fraction of sp³-hybridized carbons (Fsp3) is 0.214. The molecular formula is C28H29N5O2S. The zero-order valence-electron chi connectivity index (χ0n) is 20.5. The first-order valence-corrected chi connectivity index (χ1v) is 12.6. The van der Waals surface area contributed by atoms with Crippen LogP contribution in [-0.4, -0.2) is 28.2 Å². The maximum Gasteiger partial charge on any atom is 0.319 e. The van der Waals surface area contributed by atoms with Gasteiger partial charge in [0.2, 0.25) is 11.0 Å². The Bertz CT molecular complexity index is 1300. The van der Waals surface area contributed by atoms with Gasteiger partial charge in [0.15, 0.2) is 0 Å². The van der Waals surface area contributed by atoms with Crippen LogP contribution in [0.25, 0.3) is 10.6 Å². The maximum atomic E-state index is 13.2. The minimum atomic E-state index is -0.811. The number of hydrogen-bond donors (Lipinski definition) is 3. The molecule has 7 nitrogen and oxygen atoms in total. The molecule has 0 saturated heterocycles. The molecule has 0 aliphatic heterocycles. The highest BCUT2D eigenvalue weighted by atomic mass is 32.1. The number of carbonyl (C=O) groups is 2. The first-order valence-electron chi connectivity index (χ1n) is 11.8. The molecule has 4 aromatic rings. The fourth-order valence-electron chi connectivity index (χ4n) is 3.61. The van der Waals surface area contributed by atoms with Crippen molar-refractivity contribution in [2.24, 2.45) is 0 Å². The molecular weight excluding hydrogens is 470 g/mol. The molecule has 0 aliphatic carbocycles. The summed E-state index contributed by atoms with van der Waals surface area (Å²) in [6.07, 6.45) is 0.329. The molecule has 1 aromatic heterocycles. The number of aromatic nitrogens is 2. The van der Waals surface area contributed by atoms with Crippen molar-refractivity contribution >= 4 is 34.1 Å². The number of rotatable bonds is 8. The summed E-state index contributed by atoms with van der Waals surface area (Å²) in [7, 11) is 0. The number of urea groups is 1. The minimum absolute atomic E-state index is 0.329. The second-order valence-corrected chi connectivity index (χ2v) is 9.86. The molecule has 4 rings (SSSR count). The van der Waals surface area contributed by atoms with Crippen LogP contribution < -0.4 is 16.0 Å². The predicted molar refractivity (Wildman–Crippen MR) is 145 cm³/mol. The van der Waals surface area contributed by atoms with Crippen LogP contribution in [0.5, 0.6) is 0 Å². The van der Waals surface area contributed by atoms with E-state index in [4.69, 9.17) is 0 Å².